The molecule has 0 aliphatic heterocycles. The first kappa shape index (κ1) is 15.4. The van der Waals surface area contributed by atoms with E-state index in [0.29, 0.717) is 6.42 Å². The van der Waals surface area contributed by atoms with Gasteiger partial charge in [0, 0.05) is 32.1 Å². The Bertz CT molecular complexity index is 195. The Morgan fingerprint density at radius 2 is 1.81 bits per heavy atom. The SMILES string of the molecule is CCCN(CCN(C)C)C(=O)CC(N)CC. The van der Waals surface area contributed by atoms with E-state index in [0.717, 1.165) is 32.5 Å². The standard InChI is InChI=1S/C12H27N3O/c1-5-7-15(9-8-14(3)4)12(16)10-11(13)6-2/h11H,5-10,13H2,1-4H3. The van der Waals surface area contributed by atoms with Crippen molar-refractivity contribution in [2.75, 3.05) is 33.7 Å². The van der Waals surface area contributed by atoms with Gasteiger partial charge in [0.15, 0.2) is 0 Å². The maximum atomic E-state index is 11.9. The molecule has 0 aromatic carbocycles. The minimum Gasteiger partial charge on any atom is -0.341 e. The van der Waals surface area contributed by atoms with Crippen molar-refractivity contribution in [3.8, 4) is 0 Å². The molecule has 0 saturated heterocycles. The van der Waals surface area contributed by atoms with E-state index in [-0.39, 0.29) is 11.9 Å². The number of likely N-dealkylation sites (N-methyl/N-ethyl adjacent to an activating group) is 1. The lowest BCUT2D eigenvalue weighted by atomic mass is 10.1. The molecule has 1 amide bonds. The van der Waals surface area contributed by atoms with Gasteiger partial charge in [0.25, 0.3) is 0 Å². The lowest BCUT2D eigenvalue weighted by molar-refractivity contribution is -0.131. The van der Waals surface area contributed by atoms with Gasteiger partial charge in [-0.2, -0.15) is 0 Å². The fourth-order valence-corrected chi connectivity index (χ4v) is 1.45. The zero-order valence-corrected chi connectivity index (χ0v) is 11.2. The van der Waals surface area contributed by atoms with Crippen LogP contribution in [0.3, 0.4) is 0 Å². The molecule has 0 aliphatic rings. The largest absolute Gasteiger partial charge is 0.341 e. The summed E-state index contributed by atoms with van der Waals surface area (Å²) in [4.78, 5) is 16.0. The van der Waals surface area contributed by atoms with E-state index >= 15 is 0 Å². The summed E-state index contributed by atoms with van der Waals surface area (Å²) in [7, 11) is 4.04. The summed E-state index contributed by atoms with van der Waals surface area (Å²) in [6.45, 7) is 6.66. The molecular formula is C12H27N3O. The van der Waals surface area contributed by atoms with Crippen molar-refractivity contribution >= 4 is 5.91 Å². The maximum absolute atomic E-state index is 11.9. The van der Waals surface area contributed by atoms with Crippen LogP contribution in [0, 0.1) is 0 Å². The normalized spacial score (nSPS) is 12.9. The molecule has 0 radical (unpaired) electrons. The predicted octanol–water partition coefficient (Wildman–Crippen LogP) is 0.914. The molecule has 0 rings (SSSR count). The Labute approximate surface area is 99.8 Å². The third-order valence-corrected chi connectivity index (χ3v) is 2.62. The molecule has 4 heteroatoms. The van der Waals surface area contributed by atoms with Gasteiger partial charge in [0.1, 0.15) is 0 Å². The van der Waals surface area contributed by atoms with E-state index in [4.69, 9.17) is 5.73 Å². The van der Waals surface area contributed by atoms with Crippen LogP contribution in [0.4, 0.5) is 0 Å². The Morgan fingerprint density at radius 1 is 1.19 bits per heavy atom. The molecular weight excluding hydrogens is 202 g/mol. The van der Waals surface area contributed by atoms with Crippen LogP contribution in [0.15, 0.2) is 0 Å². The molecule has 0 aliphatic carbocycles. The third-order valence-electron chi connectivity index (χ3n) is 2.62. The molecule has 0 spiro atoms. The number of hydrogen-bond donors (Lipinski definition) is 1. The van der Waals surface area contributed by atoms with Crippen LogP contribution in [0.25, 0.3) is 0 Å². The second-order valence-corrected chi connectivity index (χ2v) is 4.56. The summed E-state index contributed by atoms with van der Waals surface area (Å²) < 4.78 is 0. The fourth-order valence-electron chi connectivity index (χ4n) is 1.45. The highest BCUT2D eigenvalue weighted by Gasteiger charge is 2.15. The Kier molecular flexibility index (Phi) is 8.21. The van der Waals surface area contributed by atoms with Gasteiger partial charge < -0.3 is 15.5 Å². The average Bonchev–Trinajstić information content (AvgIpc) is 2.23. The van der Waals surface area contributed by atoms with Crippen LogP contribution >= 0.6 is 0 Å². The van der Waals surface area contributed by atoms with Crippen LogP contribution in [0.1, 0.15) is 33.1 Å². The number of nitrogens with zero attached hydrogens (tertiary/aromatic N) is 2. The fraction of sp³-hybridized carbons (Fsp3) is 0.917. The number of rotatable bonds is 8. The Morgan fingerprint density at radius 3 is 2.25 bits per heavy atom. The van der Waals surface area contributed by atoms with Crippen molar-refractivity contribution < 1.29 is 4.79 Å². The quantitative estimate of drug-likeness (QED) is 0.673. The number of carbonyl (C=O) groups excluding carboxylic acids is 1. The zero-order chi connectivity index (χ0) is 12.6. The summed E-state index contributed by atoms with van der Waals surface area (Å²) in [6, 6.07) is 0.00575. The van der Waals surface area contributed by atoms with Crippen LogP contribution < -0.4 is 5.73 Å². The third kappa shape index (κ3) is 6.80. The zero-order valence-electron chi connectivity index (χ0n) is 11.2. The minimum atomic E-state index is 0.00575. The molecule has 0 bridgehead atoms. The highest BCUT2D eigenvalue weighted by Crippen LogP contribution is 2.01. The van der Waals surface area contributed by atoms with Gasteiger partial charge in [-0.3, -0.25) is 4.79 Å². The van der Waals surface area contributed by atoms with Crippen LogP contribution in [0.2, 0.25) is 0 Å². The van der Waals surface area contributed by atoms with Gasteiger partial charge in [-0.1, -0.05) is 13.8 Å². The number of amides is 1. The van der Waals surface area contributed by atoms with E-state index in [9.17, 15) is 4.79 Å². The summed E-state index contributed by atoms with van der Waals surface area (Å²) >= 11 is 0. The molecule has 1 unspecified atom stereocenters. The molecule has 2 N–H and O–H groups in total. The van der Waals surface area contributed by atoms with Crippen LogP contribution in [0.5, 0.6) is 0 Å². The van der Waals surface area contributed by atoms with Gasteiger partial charge in [0.2, 0.25) is 5.91 Å². The van der Waals surface area contributed by atoms with Crippen molar-refractivity contribution in [1.82, 2.24) is 9.80 Å². The molecule has 0 aromatic rings. The van der Waals surface area contributed by atoms with E-state index in [1.807, 2.05) is 25.9 Å². The lowest BCUT2D eigenvalue weighted by Gasteiger charge is -2.25. The van der Waals surface area contributed by atoms with Crippen molar-refractivity contribution in [1.29, 1.82) is 0 Å². The van der Waals surface area contributed by atoms with Crippen LogP contribution in [-0.4, -0.2) is 55.5 Å². The highest BCUT2D eigenvalue weighted by molar-refractivity contribution is 5.76. The van der Waals surface area contributed by atoms with E-state index < -0.39 is 0 Å². The molecule has 96 valence electrons. The van der Waals surface area contributed by atoms with Crippen molar-refractivity contribution in [3.63, 3.8) is 0 Å². The number of hydrogen-bond acceptors (Lipinski definition) is 3. The van der Waals surface area contributed by atoms with E-state index in [1.165, 1.54) is 0 Å². The Hall–Kier alpha value is -0.610. The minimum absolute atomic E-state index is 0.00575. The van der Waals surface area contributed by atoms with Gasteiger partial charge in [0.05, 0.1) is 0 Å². The first-order valence-electron chi connectivity index (χ1n) is 6.19. The molecule has 0 fully saturated rings. The number of nitrogens with two attached hydrogens (primary N) is 1. The first-order valence-corrected chi connectivity index (χ1v) is 6.19. The topological polar surface area (TPSA) is 49.6 Å². The molecule has 1 atom stereocenters. The van der Waals surface area contributed by atoms with Crippen molar-refractivity contribution in [3.05, 3.63) is 0 Å². The summed E-state index contributed by atoms with van der Waals surface area (Å²) in [5.41, 5.74) is 5.81. The van der Waals surface area contributed by atoms with E-state index in [2.05, 4.69) is 11.8 Å². The molecule has 4 nitrogen and oxygen atoms in total. The maximum Gasteiger partial charge on any atom is 0.224 e. The summed E-state index contributed by atoms with van der Waals surface area (Å²) in [5, 5.41) is 0. The second-order valence-electron chi connectivity index (χ2n) is 4.56. The van der Waals surface area contributed by atoms with Gasteiger partial charge in [-0.15, -0.1) is 0 Å². The predicted molar refractivity (Wildman–Crippen MR) is 68.3 cm³/mol. The first-order chi connectivity index (χ1) is 7.51. The van der Waals surface area contributed by atoms with Crippen LogP contribution in [-0.2, 0) is 4.79 Å². The highest BCUT2D eigenvalue weighted by atomic mass is 16.2. The van der Waals surface area contributed by atoms with Gasteiger partial charge in [-0.25, -0.2) is 0 Å². The van der Waals surface area contributed by atoms with Crippen molar-refractivity contribution in [2.24, 2.45) is 5.73 Å². The molecule has 0 aromatic heterocycles. The molecule has 0 saturated carbocycles. The van der Waals surface area contributed by atoms with E-state index in [1.54, 1.807) is 0 Å². The lowest BCUT2D eigenvalue weighted by Crippen LogP contribution is -2.39. The second kappa shape index (κ2) is 8.53. The average molecular weight is 229 g/mol. The smallest absolute Gasteiger partial charge is 0.224 e. The van der Waals surface area contributed by atoms with Crippen molar-refractivity contribution in [2.45, 2.75) is 39.2 Å². The van der Waals surface area contributed by atoms with Gasteiger partial charge >= 0.3 is 0 Å². The molecule has 0 heterocycles. The summed E-state index contributed by atoms with van der Waals surface area (Å²) in [5.74, 6) is 0.193. The Balaban J connectivity index is 4.12. The monoisotopic (exact) mass is 229 g/mol. The number of carbonyl (C=O) groups is 1. The molecule has 16 heavy (non-hydrogen) atoms. The van der Waals surface area contributed by atoms with Gasteiger partial charge in [-0.05, 0) is 26.9 Å². The summed E-state index contributed by atoms with van der Waals surface area (Å²) in [6.07, 6.45) is 2.34.